The molecule has 0 aliphatic rings. The maximum atomic E-state index is 6.35. The molecule has 0 atom stereocenters. The lowest BCUT2D eigenvalue weighted by atomic mass is 10.1. The van der Waals surface area contributed by atoms with E-state index in [1.165, 1.54) is 5.56 Å². The van der Waals surface area contributed by atoms with E-state index in [9.17, 15) is 0 Å². The third kappa shape index (κ3) is 5.24. The van der Waals surface area contributed by atoms with Crippen LogP contribution in [0, 0.1) is 0 Å². The summed E-state index contributed by atoms with van der Waals surface area (Å²) in [6.45, 7) is 0.761. The molecule has 31 heavy (non-hydrogen) atoms. The van der Waals surface area contributed by atoms with Gasteiger partial charge in [-0.25, -0.2) is 0 Å². The van der Waals surface area contributed by atoms with Gasteiger partial charge in [0, 0.05) is 27.9 Å². The fourth-order valence-electron chi connectivity index (χ4n) is 3.24. The fraction of sp³-hybridized carbons (Fsp3) is 0.167. The van der Waals surface area contributed by atoms with Crippen LogP contribution >= 0.6 is 35.0 Å². The van der Waals surface area contributed by atoms with Gasteiger partial charge in [-0.3, -0.25) is 0 Å². The largest absolute Gasteiger partial charge is 0.497 e. The Labute approximate surface area is 196 Å². The molecule has 4 rings (SSSR count). The van der Waals surface area contributed by atoms with Gasteiger partial charge in [0.2, 0.25) is 0 Å². The van der Waals surface area contributed by atoms with E-state index in [1.807, 2.05) is 48.5 Å². The summed E-state index contributed by atoms with van der Waals surface area (Å²) in [6.07, 6.45) is 0.877. The molecular formula is C24H21Cl2N3OS. The minimum absolute atomic E-state index is 0.616. The number of rotatable bonds is 8. The summed E-state index contributed by atoms with van der Waals surface area (Å²) >= 11 is 14.3. The highest BCUT2D eigenvalue weighted by Gasteiger charge is 2.16. The lowest BCUT2D eigenvalue weighted by Crippen LogP contribution is -2.05. The average Bonchev–Trinajstić information content (AvgIpc) is 3.21. The molecule has 1 aromatic heterocycles. The highest BCUT2D eigenvalue weighted by Crippen LogP contribution is 2.32. The van der Waals surface area contributed by atoms with Gasteiger partial charge in [0.1, 0.15) is 5.75 Å². The molecule has 1 heterocycles. The number of aromatic nitrogens is 3. The van der Waals surface area contributed by atoms with E-state index < -0.39 is 0 Å². The molecule has 0 unspecified atom stereocenters. The fourth-order valence-corrected chi connectivity index (χ4v) is 4.95. The highest BCUT2D eigenvalue weighted by molar-refractivity contribution is 7.98. The molecule has 0 radical (unpaired) electrons. The van der Waals surface area contributed by atoms with Crippen LogP contribution in [-0.4, -0.2) is 21.9 Å². The summed E-state index contributed by atoms with van der Waals surface area (Å²) in [6, 6.07) is 23.8. The molecule has 0 fully saturated rings. The van der Waals surface area contributed by atoms with E-state index >= 15 is 0 Å². The number of benzene rings is 3. The van der Waals surface area contributed by atoms with Crippen molar-refractivity contribution < 1.29 is 4.74 Å². The van der Waals surface area contributed by atoms with Crippen LogP contribution in [0.3, 0.4) is 0 Å². The van der Waals surface area contributed by atoms with Crippen molar-refractivity contribution in [2.45, 2.75) is 23.9 Å². The quantitative estimate of drug-likeness (QED) is 0.266. The molecule has 0 aliphatic carbocycles. The molecule has 0 N–H and O–H groups in total. The van der Waals surface area contributed by atoms with Crippen molar-refractivity contribution >= 4 is 35.0 Å². The predicted molar refractivity (Wildman–Crippen MR) is 128 cm³/mol. The van der Waals surface area contributed by atoms with E-state index in [0.717, 1.165) is 40.8 Å². The van der Waals surface area contributed by atoms with E-state index in [-0.39, 0.29) is 0 Å². The van der Waals surface area contributed by atoms with Gasteiger partial charge in [-0.15, -0.1) is 10.2 Å². The van der Waals surface area contributed by atoms with Crippen LogP contribution in [0.15, 0.2) is 78.0 Å². The first kappa shape index (κ1) is 21.8. The minimum atomic E-state index is 0.616. The van der Waals surface area contributed by atoms with Gasteiger partial charge in [-0.1, -0.05) is 71.4 Å². The van der Waals surface area contributed by atoms with Crippen LogP contribution in [-0.2, 0) is 18.7 Å². The number of hydrogen-bond donors (Lipinski definition) is 0. The summed E-state index contributed by atoms with van der Waals surface area (Å²) in [5, 5.41) is 11.1. The first-order chi connectivity index (χ1) is 15.2. The molecule has 4 aromatic rings. The number of thioether (sulfide) groups is 1. The van der Waals surface area contributed by atoms with Gasteiger partial charge >= 0.3 is 0 Å². The summed E-state index contributed by atoms with van der Waals surface area (Å²) in [5.74, 6) is 2.25. The molecule has 0 saturated carbocycles. The van der Waals surface area contributed by atoms with Crippen LogP contribution in [0.4, 0.5) is 0 Å². The number of hydrogen-bond acceptors (Lipinski definition) is 4. The van der Waals surface area contributed by atoms with Gasteiger partial charge in [-0.2, -0.15) is 0 Å². The second-order valence-corrected chi connectivity index (χ2v) is 8.67. The number of methoxy groups -OCH3 is 1. The van der Waals surface area contributed by atoms with Crippen LogP contribution in [0.5, 0.6) is 5.75 Å². The van der Waals surface area contributed by atoms with Crippen LogP contribution in [0.25, 0.3) is 11.4 Å². The van der Waals surface area contributed by atoms with Crippen molar-refractivity contribution in [3.05, 3.63) is 94.0 Å². The molecule has 0 aliphatic heterocycles. The van der Waals surface area contributed by atoms with E-state index in [2.05, 4.69) is 39.0 Å². The first-order valence-electron chi connectivity index (χ1n) is 9.83. The lowest BCUT2D eigenvalue weighted by Gasteiger charge is -2.12. The molecule has 0 spiro atoms. The van der Waals surface area contributed by atoms with E-state index in [1.54, 1.807) is 18.9 Å². The number of ether oxygens (including phenoxy) is 1. The third-order valence-corrected chi connectivity index (χ3v) is 6.64. The van der Waals surface area contributed by atoms with Gasteiger partial charge in [0.15, 0.2) is 11.0 Å². The zero-order valence-electron chi connectivity index (χ0n) is 17.0. The molecule has 0 amide bonds. The van der Waals surface area contributed by atoms with Crippen molar-refractivity contribution in [3.8, 4) is 17.1 Å². The Hall–Kier alpha value is -2.47. The third-order valence-electron chi connectivity index (χ3n) is 4.94. The topological polar surface area (TPSA) is 39.9 Å². The van der Waals surface area contributed by atoms with E-state index in [0.29, 0.717) is 15.8 Å². The summed E-state index contributed by atoms with van der Waals surface area (Å²) in [7, 11) is 1.66. The number of aryl methyl sites for hydroxylation is 1. The Morgan fingerprint density at radius 3 is 2.26 bits per heavy atom. The second kappa shape index (κ2) is 10.2. The molecule has 158 valence electrons. The summed E-state index contributed by atoms with van der Waals surface area (Å²) in [4.78, 5) is 0. The van der Waals surface area contributed by atoms with Crippen molar-refractivity contribution in [2.24, 2.45) is 0 Å². The Bertz CT molecular complexity index is 1130. The SMILES string of the molecule is COc1ccc(-c2nnc(SCc3c(Cl)cccc3Cl)n2CCc2ccccc2)cc1. The van der Waals surface area contributed by atoms with Crippen molar-refractivity contribution in [2.75, 3.05) is 7.11 Å². The Morgan fingerprint density at radius 1 is 0.871 bits per heavy atom. The van der Waals surface area contributed by atoms with Crippen LogP contribution < -0.4 is 4.74 Å². The summed E-state index contributed by atoms with van der Waals surface area (Å²) < 4.78 is 7.44. The number of nitrogens with zero attached hydrogens (tertiary/aromatic N) is 3. The normalized spacial score (nSPS) is 10.9. The zero-order chi connectivity index (χ0) is 21.6. The standard InChI is InChI=1S/C24H21Cl2N3OS/c1-30-19-12-10-18(11-13-19)23-27-28-24(29(23)15-14-17-6-3-2-4-7-17)31-16-20-21(25)8-5-9-22(20)26/h2-13H,14-16H2,1H3. The van der Waals surface area contributed by atoms with Crippen molar-refractivity contribution in [1.82, 2.24) is 14.8 Å². The zero-order valence-corrected chi connectivity index (χ0v) is 19.3. The van der Waals surface area contributed by atoms with Gasteiger partial charge < -0.3 is 9.30 Å². The van der Waals surface area contributed by atoms with Gasteiger partial charge in [0.25, 0.3) is 0 Å². The lowest BCUT2D eigenvalue weighted by molar-refractivity contribution is 0.415. The maximum Gasteiger partial charge on any atom is 0.191 e. The molecule has 4 nitrogen and oxygen atoms in total. The first-order valence-corrected chi connectivity index (χ1v) is 11.6. The monoisotopic (exact) mass is 469 g/mol. The van der Waals surface area contributed by atoms with E-state index in [4.69, 9.17) is 27.9 Å². The summed E-state index contributed by atoms with van der Waals surface area (Å²) in [5.41, 5.74) is 3.16. The maximum absolute atomic E-state index is 6.35. The highest BCUT2D eigenvalue weighted by atomic mass is 35.5. The predicted octanol–water partition coefficient (Wildman–Crippen LogP) is 6.80. The number of halogens is 2. The molecule has 3 aromatic carbocycles. The minimum Gasteiger partial charge on any atom is -0.497 e. The van der Waals surface area contributed by atoms with Crippen molar-refractivity contribution in [1.29, 1.82) is 0 Å². The van der Waals surface area contributed by atoms with Crippen LogP contribution in [0.2, 0.25) is 10.0 Å². The molecule has 0 saturated heterocycles. The van der Waals surface area contributed by atoms with Crippen molar-refractivity contribution in [3.63, 3.8) is 0 Å². The Kier molecular flexibility index (Phi) is 7.17. The Morgan fingerprint density at radius 2 is 1.58 bits per heavy atom. The van der Waals surface area contributed by atoms with Gasteiger partial charge in [-0.05, 0) is 53.9 Å². The Balaban J connectivity index is 1.62. The second-order valence-electron chi connectivity index (χ2n) is 6.91. The molecule has 7 heteroatoms. The molecular weight excluding hydrogens is 449 g/mol. The average molecular weight is 470 g/mol. The van der Waals surface area contributed by atoms with Gasteiger partial charge in [0.05, 0.1) is 7.11 Å². The van der Waals surface area contributed by atoms with Crippen LogP contribution in [0.1, 0.15) is 11.1 Å². The smallest absolute Gasteiger partial charge is 0.191 e. The molecule has 0 bridgehead atoms.